The maximum Gasteiger partial charge on any atom is 0.407 e. The SMILES string of the molecule is Cn1cc(NC(=O)C2CCC(NC(=O)OCC3c4ccccc4-c4ccccc43)C2)c(C(=O)O)n1. The number of fused-ring (bicyclic) bond motifs is 3. The molecule has 2 aliphatic carbocycles. The number of aryl methyl sites for hydroxylation is 1. The minimum absolute atomic E-state index is 0.0156. The van der Waals surface area contributed by atoms with Crippen LogP contribution in [-0.4, -0.2) is 45.5 Å². The first-order valence-corrected chi connectivity index (χ1v) is 11.6. The highest BCUT2D eigenvalue weighted by Gasteiger charge is 2.33. The minimum atomic E-state index is -1.21. The lowest BCUT2D eigenvalue weighted by molar-refractivity contribution is -0.119. The number of carboxylic acids is 1. The number of aromatic carboxylic acids is 1. The van der Waals surface area contributed by atoms with E-state index in [1.165, 1.54) is 22.0 Å². The van der Waals surface area contributed by atoms with Crippen molar-refractivity contribution in [1.29, 1.82) is 0 Å². The predicted octanol–water partition coefficient (Wildman–Crippen LogP) is 3.76. The Bertz CT molecular complexity index is 1250. The van der Waals surface area contributed by atoms with E-state index in [2.05, 4.69) is 40.0 Å². The van der Waals surface area contributed by atoms with Gasteiger partial charge in [-0.25, -0.2) is 9.59 Å². The van der Waals surface area contributed by atoms with Crippen LogP contribution in [0.2, 0.25) is 0 Å². The van der Waals surface area contributed by atoms with E-state index in [0.717, 1.165) is 11.1 Å². The van der Waals surface area contributed by atoms with Crippen molar-refractivity contribution in [2.45, 2.75) is 31.2 Å². The van der Waals surface area contributed by atoms with Crippen LogP contribution < -0.4 is 10.6 Å². The molecule has 180 valence electrons. The predicted molar refractivity (Wildman–Crippen MR) is 128 cm³/mol. The highest BCUT2D eigenvalue weighted by molar-refractivity contribution is 5.99. The van der Waals surface area contributed by atoms with Gasteiger partial charge in [0.25, 0.3) is 0 Å². The van der Waals surface area contributed by atoms with Gasteiger partial charge in [0, 0.05) is 31.1 Å². The monoisotopic (exact) mass is 474 g/mol. The Kier molecular flexibility index (Phi) is 5.98. The normalized spacial score (nSPS) is 18.5. The fraction of sp³-hybridized carbons (Fsp3) is 0.308. The van der Waals surface area contributed by atoms with Crippen molar-refractivity contribution in [2.75, 3.05) is 11.9 Å². The van der Waals surface area contributed by atoms with Crippen LogP contribution in [0, 0.1) is 5.92 Å². The summed E-state index contributed by atoms with van der Waals surface area (Å²) in [5, 5.41) is 18.6. The van der Waals surface area contributed by atoms with E-state index < -0.39 is 12.1 Å². The van der Waals surface area contributed by atoms with Crippen molar-refractivity contribution in [3.8, 4) is 11.1 Å². The summed E-state index contributed by atoms with van der Waals surface area (Å²) in [7, 11) is 1.59. The van der Waals surface area contributed by atoms with Gasteiger partial charge < -0.3 is 20.5 Å². The van der Waals surface area contributed by atoms with E-state index in [4.69, 9.17) is 4.74 Å². The Hall–Kier alpha value is -4.14. The smallest absolute Gasteiger partial charge is 0.407 e. The lowest BCUT2D eigenvalue weighted by Gasteiger charge is -2.17. The molecule has 0 spiro atoms. The Morgan fingerprint density at radius 3 is 2.37 bits per heavy atom. The molecular weight excluding hydrogens is 448 g/mol. The maximum absolute atomic E-state index is 12.7. The van der Waals surface area contributed by atoms with E-state index in [1.807, 2.05) is 24.3 Å². The fourth-order valence-electron chi connectivity index (χ4n) is 5.13. The molecule has 2 amide bonds. The Morgan fingerprint density at radius 1 is 1.06 bits per heavy atom. The lowest BCUT2D eigenvalue weighted by atomic mass is 9.98. The summed E-state index contributed by atoms with van der Waals surface area (Å²) in [6.45, 7) is 0.232. The van der Waals surface area contributed by atoms with Crippen molar-refractivity contribution >= 4 is 23.7 Å². The first-order valence-electron chi connectivity index (χ1n) is 11.6. The van der Waals surface area contributed by atoms with Crippen LogP contribution in [0.25, 0.3) is 11.1 Å². The van der Waals surface area contributed by atoms with Gasteiger partial charge in [-0.3, -0.25) is 9.48 Å². The summed E-state index contributed by atoms with van der Waals surface area (Å²) in [4.78, 5) is 36.6. The number of carboxylic acid groups (broad SMARTS) is 1. The van der Waals surface area contributed by atoms with Crippen molar-refractivity contribution in [2.24, 2.45) is 13.0 Å². The standard InChI is InChI=1S/C26H26N4O5/c1-30-13-22(23(29-30)25(32)33)28-24(31)15-10-11-16(12-15)27-26(34)35-14-21-19-8-4-2-6-17(19)18-7-3-5-9-20(18)21/h2-9,13,15-16,21H,10-12,14H2,1H3,(H,27,34)(H,28,31)(H,32,33). The fourth-order valence-corrected chi connectivity index (χ4v) is 5.13. The van der Waals surface area contributed by atoms with Gasteiger partial charge in [-0.05, 0) is 41.5 Å². The van der Waals surface area contributed by atoms with Gasteiger partial charge in [0.05, 0.1) is 5.69 Å². The average Bonchev–Trinajstić information content (AvgIpc) is 3.54. The largest absolute Gasteiger partial charge is 0.476 e. The lowest BCUT2D eigenvalue weighted by Crippen LogP contribution is -2.35. The second-order valence-corrected chi connectivity index (χ2v) is 9.04. The van der Waals surface area contributed by atoms with Crippen LogP contribution >= 0.6 is 0 Å². The first-order chi connectivity index (χ1) is 16.9. The number of ether oxygens (including phenoxy) is 1. The van der Waals surface area contributed by atoms with E-state index in [0.29, 0.717) is 19.3 Å². The molecule has 0 radical (unpaired) electrons. The Balaban J connectivity index is 1.15. The van der Waals surface area contributed by atoms with Gasteiger partial charge in [-0.2, -0.15) is 5.10 Å². The number of carbonyl (C=O) groups excluding carboxylic acids is 2. The molecule has 9 nitrogen and oxygen atoms in total. The number of nitrogens with one attached hydrogen (secondary N) is 2. The van der Waals surface area contributed by atoms with Crippen molar-refractivity contribution in [1.82, 2.24) is 15.1 Å². The highest BCUT2D eigenvalue weighted by Crippen LogP contribution is 2.44. The zero-order chi connectivity index (χ0) is 24.5. The first kappa shape index (κ1) is 22.6. The van der Waals surface area contributed by atoms with E-state index in [1.54, 1.807) is 7.05 Å². The molecule has 1 fully saturated rings. The molecule has 35 heavy (non-hydrogen) atoms. The Morgan fingerprint density at radius 2 is 1.71 bits per heavy atom. The van der Waals surface area contributed by atoms with Gasteiger partial charge >= 0.3 is 12.1 Å². The summed E-state index contributed by atoms with van der Waals surface area (Å²) < 4.78 is 6.95. The van der Waals surface area contributed by atoms with Gasteiger partial charge in [-0.1, -0.05) is 48.5 Å². The average molecular weight is 475 g/mol. The zero-order valence-electron chi connectivity index (χ0n) is 19.2. The molecule has 3 N–H and O–H groups in total. The van der Waals surface area contributed by atoms with Crippen LogP contribution in [0.1, 0.15) is 46.8 Å². The molecule has 2 unspecified atom stereocenters. The maximum atomic E-state index is 12.7. The molecule has 0 aliphatic heterocycles. The van der Waals surface area contributed by atoms with E-state index in [9.17, 15) is 19.5 Å². The molecular formula is C26H26N4O5. The van der Waals surface area contributed by atoms with Gasteiger partial charge in [0.2, 0.25) is 5.91 Å². The molecule has 1 heterocycles. The molecule has 3 aromatic rings. The molecule has 0 saturated heterocycles. The molecule has 2 aromatic carbocycles. The number of hydrogen-bond acceptors (Lipinski definition) is 5. The summed E-state index contributed by atoms with van der Waals surface area (Å²) in [5.74, 6) is -1.84. The third-order valence-electron chi connectivity index (χ3n) is 6.76. The zero-order valence-corrected chi connectivity index (χ0v) is 19.2. The highest BCUT2D eigenvalue weighted by atomic mass is 16.5. The molecule has 1 aromatic heterocycles. The molecule has 5 rings (SSSR count). The Labute approximate surface area is 202 Å². The summed E-state index contributed by atoms with van der Waals surface area (Å²) in [6, 6.07) is 16.1. The van der Waals surface area contributed by atoms with E-state index >= 15 is 0 Å². The van der Waals surface area contributed by atoms with Crippen LogP contribution in [-0.2, 0) is 16.6 Å². The van der Waals surface area contributed by atoms with Crippen LogP contribution in [0.4, 0.5) is 10.5 Å². The number of aromatic nitrogens is 2. The molecule has 0 bridgehead atoms. The van der Waals surface area contributed by atoms with Crippen molar-refractivity contribution in [3.63, 3.8) is 0 Å². The summed E-state index contributed by atoms with van der Waals surface area (Å²) in [6.07, 6.45) is 2.64. The van der Waals surface area contributed by atoms with Gasteiger partial charge in [0.15, 0.2) is 5.69 Å². The minimum Gasteiger partial charge on any atom is -0.476 e. The van der Waals surface area contributed by atoms with Gasteiger partial charge in [-0.15, -0.1) is 0 Å². The second kappa shape index (κ2) is 9.25. The number of alkyl carbamates (subject to hydrolysis) is 1. The van der Waals surface area contributed by atoms with Crippen molar-refractivity contribution < 1.29 is 24.2 Å². The topological polar surface area (TPSA) is 123 Å². The summed E-state index contributed by atoms with van der Waals surface area (Å²) >= 11 is 0. The quantitative estimate of drug-likeness (QED) is 0.500. The molecule has 2 atom stereocenters. The number of hydrogen-bond donors (Lipinski definition) is 3. The molecule has 9 heteroatoms. The number of benzene rings is 2. The summed E-state index contributed by atoms with van der Waals surface area (Å²) in [5.41, 5.74) is 4.60. The number of rotatable bonds is 6. The van der Waals surface area contributed by atoms with Crippen molar-refractivity contribution in [3.05, 3.63) is 71.5 Å². The third kappa shape index (κ3) is 4.49. The van der Waals surface area contributed by atoms with Crippen LogP contribution in [0.3, 0.4) is 0 Å². The van der Waals surface area contributed by atoms with Crippen LogP contribution in [0.5, 0.6) is 0 Å². The number of anilines is 1. The molecule has 2 aliphatic rings. The number of nitrogens with zero attached hydrogens (tertiary/aromatic N) is 2. The number of amides is 2. The third-order valence-corrected chi connectivity index (χ3v) is 6.76. The van der Waals surface area contributed by atoms with E-state index in [-0.39, 0.29) is 41.8 Å². The van der Waals surface area contributed by atoms with Crippen LogP contribution in [0.15, 0.2) is 54.7 Å². The van der Waals surface area contributed by atoms with Gasteiger partial charge in [0.1, 0.15) is 6.61 Å². The number of carbonyl (C=O) groups is 3. The molecule has 1 saturated carbocycles. The second-order valence-electron chi connectivity index (χ2n) is 9.04.